The van der Waals surface area contributed by atoms with E-state index in [9.17, 15) is 10.1 Å². The molecule has 6 heteroatoms. The molecule has 30 heavy (non-hydrogen) atoms. The number of aromatic nitrogens is 1. The molecule has 0 unspecified atom stereocenters. The van der Waals surface area contributed by atoms with E-state index in [0.29, 0.717) is 16.6 Å². The van der Waals surface area contributed by atoms with Gasteiger partial charge in [0.2, 0.25) is 0 Å². The summed E-state index contributed by atoms with van der Waals surface area (Å²) in [5.74, 6) is -0.482. The number of benzene rings is 3. The first-order chi connectivity index (χ1) is 14.6. The number of anilines is 1. The zero-order valence-corrected chi connectivity index (χ0v) is 17.4. The fraction of sp³-hybridized carbons (Fsp3) is 0.0417. The van der Waals surface area contributed by atoms with Gasteiger partial charge in [0.25, 0.3) is 5.91 Å². The lowest BCUT2D eigenvalue weighted by molar-refractivity contribution is -0.112. The van der Waals surface area contributed by atoms with E-state index in [1.165, 1.54) is 11.3 Å². The molecule has 0 fully saturated rings. The number of carbonyl (C=O) groups excluding carboxylic acids is 1. The van der Waals surface area contributed by atoms with Crippen molar-refractivity contribution >= 4 is 50.8 Å². The number of amides is 1. The fourth-order valence-electron chi connectivity index (χ4n) is 3.12. The molecule has 0 saturated carbocycles. The summed E-state index contributed by atoms with van der Waals surface area (Å²) in [4.78, 5) is 17.9. The molecule has 0 saturated heterocycles. The molecular weight excluding hydrogens is 414 g/mol. The van der Waals surface area contributed by atoms with Crippen LogP contribution in [0.25, 0.3) is 16.8 Å². The summed E-state index contributed by atoms with van der Waals surface area (Å²) in [6.07, 6.45) is 3.95. The third-order valence-corrected chi connectivity index (χ3v) is 5.87. The summed E-state index contributed by atoms with van der Waals surface area (Å²) >= 11 is 7.58. The van der Waals surface area contributed by atoms with Crippen molar-refractivity contribution in [3.63, 3.8) is 0 Å². The second kappa shape index (κ2) is 8.91. The molecule has 1 heterocycles. The Morgan fingerprint density at radius 2 is 1.87 bits per heavy atom. The summed E-state index contributed by atoms with van der Waals surface area (Å²) in [6, 6.07) is 23.3. The van der Waals surface area contributed by atoms with Crippen LogP contribution in [0.2, 0.25) is 5.02 Å². The number of nitrogens with one attached hydrogen (secondary N) is 1. The Bertz CT molecular complexity index is 1300. The molecule has 3 aromatic carbocycles. The first kappa shape index (κ1) is 19.8. The number of nitrogens with zero attached hydrogens (tertiary/aromatic N) is 2. The van der Waals surface area contributed by atoms with Gasteiger partial charge in [0.15, 0.2) is 5.13 Å². The van der Waals surface area contributed by atoms with Crippen LogP contribution in [-0.2, 0) is 11.2 Å². The third-order valence-electron chi connectivity index (χ3n) is 4.58. The number of thiazole rings is 1. The molecule has 0 aliphatic carbocycles. The van der Waals surface area contributed by atoms with Crippen molar-refractivity contribution in [3.8, 4) is 6.07 Å². The van der Waals surface area contributed by atoms with Gasteiger partial charge in [-0.25, -0.2) is 4.98 Å². The van der Waals surface area contributed by atoms with Crippen LogP contribution in [0.3, 0.4) is 0 Å². The van der Waals surface area contributed by atoms with Crippen LogP contribution in [0.4, 0.5) is 5.13 Å². The highest BCUT2D eigenvalue weighted by Gasteiger charge is 2.13. The Kier molecular flexibility index (Phi) is 5.89. The van der Waals surface area contributed by atoms with Crippen LogP contribution in [0.15, 0.2) is 78.5 Å². The van der Waals surface area contributed by atoms with Gasteiger partial charge >= 0.3 is 0 Å². The molecule has 4 rings (SSSR count). The van der Waals surface area contributed by atoms with E-state index in [0.717, 1.165) is 26.8 Å². The van der Waals surface area contributed by atoms with Crippen molar-refractivity contribution in [2.45, 2.75) is 6.42 Å². The van der Waals surface area contributed by atoms with E-state index in [1.807, 2.05) is 72.8 Å². The van der Waals surface area contributed by atoms with Crippen LogP contribution in [0.5, 0.6) is 0 Å². The number of hydrogen-bond donors (Lipinski definition) is 1. The number of rotatable bonds is 5. The number of carbonyl (C=O) groups is 1. The van der Waals surface area contributed by atoms with Gasteiger partial charge in [-0.3, -0.25) is 10.1 Å². The van der Waals surface area contributed by atoms with Crippen molar-refractivity contribution in [1.29, 1.82) is 5.26 Å². The summed E-state index contributed by atoms with van der Waals surface area (Å²) in [6.45, 7) is 0. The third kappa shape index (κ3) is 4.41. The van der Waals surface area contributed by atoms with Crippen molar-refractivity contribution < 1.29 is 4.79 Å². The molecule has 1 N–H and O–H groups in total. The highest BCUT2D eigenvalue weighted by atomic mass is 35.5. The molecule has 146 valence electrons. The van der Waals surface area contributed by atoms with Gasteiger partial charge in [-0.1, -0.05) is 72.3 Å². The van der Waals surface area contributed by atoms with Crippen LogP contribution < -0.4 is 5.32 Å². The highest BCUT2D eigenvalue weighted by Crippen LogP contribution is 2.25. The van der Waals surface area contributed by atoms with Crippen molar-refractivity contribution in [1.82, 2.24) is 4.98 Å². The molecule has 1 amide bonds. The Morgan fingerprint density at radius 1 is 1.10 bits per heavy atom. The molecule has 0 aliphatic rings. The average Bonchev–Trinajstić information content (AvgIpc) is 3.20. The second-order valence-electron chi connectivity index (χ2n) is 6.59. The average molecular weight is 430 g/mol. The van der Waals surface area contributed by atoms with Gasteiger partial charge in [-0.15, -0.1) is 11.3 Å². The summed E-state index contributed by atoms with van der Waals surface area (Å²) in [5.41, 5.74) is 1.84. The normalized spacial score (nSPS) is 11.3. The SMILES string of the molecule is N#C/C(=C\c1cccc2ccccc12)C(=O)Nc1ncc(Cc2ccccc2Cl)s1. The van der Waals surface area contributed by atoms with E-state index >= 15 is 0 Å². The molecule has 4 aromatic rings. The second-order valence-corrected chi connectivity index (χ2v) is 8.11. The first-order valence-corrected chi connectivity index (χ1v) is 10.4. The predicted octanol–water partition coefficient (Wildman–Crippen LogP) is 6.09. The van der Waals surface area contributed by atoms with Gasteiger partial charge < -0.3 is 0 Å². The van der Waals surface area contributed by atoms with E-state index < -0.39 is 5.91 Å². The molecule has 4 nitrogen and oxygen atoms in total. The lowest BCUT2D eigenvalue weighted by Crippen LogP contribution is -2.13. The van der Waals surface area contributed by atoms with E-state index in [-0.39, 0.29) is 5.57 Å². The number of halogens is 1. The minimum atomic E-state index is -0.482. The monoisotopic (exact) mass is 429 g/mol. The lowest BCUT2D eigenvalue weighted by Gasteiger charge is -2.04. The van der Waals surface area contributed by atoms with Gasteiger partial charge in [0.05, 0.1) is 0 Å². The number of nitriles is 1. The minimum Gasteiger partial charge on any atom is -0.297 e. The summed E-state index contributed by atoms with van der Waals surface area (Å²) in [7, 11) is 0. The van der Waals surface area contributed by atoms with E-state index in [1.54, 1.807) is 12.3 Å². The van der Waals surface area contributed by atoms with Gasteiger partial charge in [0.1, 0.15) is 11.6 Å². The topological polar surface area (TPSA) is 65.8 Å². The van der Waals surface area contributed by atoms with Crippen LogP contribution >= 0.6 is 22.9 Å². The highest BCUT2D eigenvalue weighted by molar-refractivity contribution is 7.15. The molecule has 1 aromatic heterocycles. The maximum atomic E-state index is 12.6. The largest absolute Gasteiger partial charge is 0.297 e. The van der Waals surface area contributed by atoms with E-state index in [4.69, 9.17) is 11.6 Å². The zero-order valence-electron chi connectivity index (χ0n) is 15.8. The Hall–Kier alpha value is -3.46. The standard InChI is InChI=1S/C24H16ClN3OS/c25-22-11-4-2-7-18(22)13-20-15-27-24(30-20)28-23(29)19(14-26)12-17-9-5-8-16-6-1-3-10-21(16)17/h1-12,15H,13H2,(H,27,28,29)/b19-12+. The molecular formula is C24H16ClN3OS. The quantitative estimate of drug-likeness (QED) is 0.308. The molecule has 0 spiro atoms. The fourth-order valence-corrected chi connectivity index (χ4v) is 4.15. The maximum Gasteiger partial charge on any atom is 0.268 e. The molecule has 0 aliphatic heterocycles. The molecule has 0 radical (unpaired) electrons. The lowest BCUT2D eigenvalue weighted by atomic mass is 10.0. The van der Waals surface area contributed by atoms with Crippen LogP contribution in [0.1, 0.15) is 16.0 Å². The first-order valence-electron chi connectivity index (χ1n) is 9.23. The summed E-state index contributed by atoms with van der Waals surface area (Å²) in [5, 5.41) is 15.4. The Labute approximate surface area is 183 Å². The smallest absolute Gasteiger partial charge is 0.268 e. The zero-order chi connectivity index (χ0) is 20.9. The minimum absolute atomic E-state index is 0.0224. The van der Waals surface area contributed by atoms with Gasteiger partial charge in [0, 0.05) is 22.5 Å². The van der Waals surface area contributed by atoms with Crippen molar-refractivity contribution in [3.05, 3.63) is 99.5 Å². The Morgan fingerprint density at radius 3 is 2.70 bits per heavy atom. The predicted molar refractivity (Wildman–Crippen MR) is 123 cm³/mol. The Balaban J connectivity index is 1.53. The van der Waals surface area contributed by atoms with Crippen LogP contribution in [-0.4, -0.2) is 10.9 Å². The summed E-state index contributed by atoms with van der Waals surface area (Å²) < 4.78 is 0. The van der Waals surface area contributed by atoms with Crippen molar-refractivity contribution in [2.24, 2.45) is 0 Å². The molecule has 0 bridgehead atoms. The maximum absolute atomic E-state index is 12.6. The van der Waals surface area contributed by atoms with Crippen molar-refractivity contribution in [2.75, 3.05) is 5.32 Å². The van der Waals surface area contributed by atoms with E-state index in [2.05, 4.69) is 10.3 Å². The van der Waals surface area contributed by atoms with Gasteiger partial charge in [-0.05, 0) is 34.0 Å². The molecule has 0 atom stereocenters. The number of fused-ring (bicyclic) bond motifs is 1. The van der Waals surface area contributed by atoms with Gasteiger partial charge in [-0.2, -0.15) is 5.26 Å². The van der Waals surface area contributed by atoms with Crippen LogP contribution in [0, 0.1) is 11.3 Å². The number of hydrogen-bond acceptors (Lipinski definition) is 4.